The topological polar surface area (TPSA) is 83.7 Å². The third-order valence-electron chi connectivity index (χ3n) is 5.18. The van der Waals surface area contributed by atoms with Crippen LogP contribution in [-0.2, 0) is 4.74 Å². The number of allylic oxidation sites excluding steroid dienone is 1. The second kappa shape index (κ2) is 8.33. The van der Waals surface area contributed by atoms with Gasteiger partial charge in [0.05, 0.1) is 34.5 Å². The van der Waals surface area contributed by atoms with Crippen LogP contribution in [0, 0.1) is 25.2 Å². The molecule has 0 saturated heterocycles. The largest absolute Gasteiger partial charge is 0.462 e. The lowest BCUT2D eigenvalue weighted by molar-refractivity contribution is 0.0526. The van der Waals surface area contributed by atoms with Crippen LogP contribution in [0.1, 0.15) is 40.1 Å². The summed E-state index contributed by atoms with van der Waals surface area (Å²) in [6, 6.07) is 19.3. The molecule has 2 aromatic heterocycles. The molecular formula is C25H22N4O2. The number of rotatable bonds is 5. The van der Waals surface area contributed by atoms with Gasteiger partial charge < -0.3 is 14.3 Å². The van der Waals surface area contributed by atoms with Gasteiger partial charge in [-0.15, -0.1) is 0 Å². The van der Waals surface area contributed by atoms with Gasteiger partial charge in [-0.25, -0.2) is 9.78 Å². The number of hydrogen-bond donors (Lipinski definition) is 1. The fraction of sp³-hybridized carbons (Fsp3) is 0.160. The highest BCUT2D eigenvalue weighted by atomic mass is 16.5. The molecular weight excluding hydrogens is 388 g/mol. The van der Waals surface area contributed by atoms with E-state index in [1.54, 1.807) is 13.0 Å². The maximum absolute atomic E-state index is 12.5. The van der Waals surface area contributed by atoms with Crippen LogP contribution in [0.3, 0.4) is 0 Å². The quantitative estimate of drug-likeness (QED) is 0.361. The number of carbonyl (C=O) groups is 1. The summed E-state index contributed by atoms with van der Waals surface area (Å²) < 4.78 is 7.23. The summed E-state index contributed by atoms with van der Waals surface area (Å²) in [6.45, 7) is 6.04. The molecule has 4 rings (SSSR count). The Morgan fingerprint density at radius 3 is 2.68 bits per heavy atom. The van der Waals surface area contributed by atoms with Crippen molar-refractivity contribution in [2.45, 2.75) is 20.8 Å². The fourth-order valence-corrected chi connectivity index (χ4v) is 3.74. The first-order valence-corrected chi connectivity index (χ1v) is 10.1. The zero-order chi connectivity index (χ0) is 22.0. The smallest absolute Gasteiger partial charge is 0.340 e. The maximum Gasteiger partial charge on any atom is 0.340 e. The van der Waals surface area contributed by atoms with E-state index < -0.39 is 0 Å². The Balaban J connectivity index is 1.80. The Bertz CT molecular complexity index is 1320. The van der Waals surface area contributed by atoms with Crippen molar-refractivity contribution in [2.24, 2.45) is 0 Å². The first-order chi connectivity index (χ1) is 15.0. The third-order valence-corrected chi connectivity index (χ3v) is 5.18. The molecule has 1 N–H and O–H groups in total. The van der Waals surface area contributed by atoms with Crippen molar-refractivity contribution < 1.29 is 9.53 Å². The van der Waals surface area contributed by atoms with Crippen molar-refractivity contribution in [1.82, 2.24) is 14.5 Å². The summed E-state index contributed by atoms with van der Waals surface area (Å²) >= 11 is 0. The van der Waals surface area contributed by atoms with Crippen LogP contribution in [0.4, 0.5) is 0 Å². The van der Waals surface area contributed by atoms with Crippen LogP contribution in [0.2, 0.25) is 0 Å². The number of para-hydroxylation sites is 3. The number of fused-ring (bicyclic) bond motifs is 1. The number of hydrogen-bond acceptors (Lipinski definition) is 4. The number of nitrogens with zero attached hydrogens (tertiary/aromatic N) is 3. The Hall–Kier alpha value is -4.11. The lowest BCUT2D eigenvalue weighted by Crippen LogP contribution is -2.11. The van der Waals surface area contributed by atoms with Crippen LogP contribution >= 0.6 is 0 Å². The lowest BCUT2D eigenvalue weighted by atomic mass is 10.1. The number of nitrogens with one attached hydrogen (secondary N) is 1. The molecule has 0 unspecified atom stereocenters. The Morgan fingerprint density at radius 1 is 1.19 bits per heavy atom. The molecule has 0 aliphatic carbocycles. The summed E-state index contributed by atoms with van der Waals surface area (Å²) in [6.07, 6.45) is 1.82. The number of aryl methyl sites for hydroxylation is 1. The van der Waals surface area contributed by atoms with Gasteiger partial charge in [-0.2, -0.15) is 5.26 Å². The van der Waals surface area contributed by atoms with Gasteiger partial charge in [0.2, 0.25) is 0 Å². The molecule has 0 aliphatic heterocycles. The minimum Gasteiger partial charge on any atom is -0.462 e. The molecule has 0 fully saturated rings. The summed E-state index contributed by atoms with van der Waals surface area (Å²) in [4.78, 5) is 20.2. The molecule has 2 aromatic carbocycles. The number of H-pyrrole nitrogens is 1. The van der Waals surface area contributed by atoms with E-state index in [0.29, 0.717) is 23.6 Å². The monoisotopic (exact) mass is 410 g/mol. The van der Waals surface area contributed by atoms with E-state index in [2.05, 4.69) is 16.0 Å². The molecule has 0 saturated carbocycles. The van der Waals surface area contributed by atoms with E-state index in [9.17, 15) is 10.1 Å². The molecule has 6 nitrogen and oxygen atoms in total. The summed E-state index contributed by atoms with van der Waals surface area (Å²) in [7, 11) is 0. The number of ether oxygens (including phenoxy) is 1. The molecule has 2 heterocycles. The second-order valence-electron chi connectivity index (χ2n) is 7.17. The molecule has 0 radical (unpaired) electrons. The highest BCUT2D eigenvalue weighted by Crippen LogP contribution is 2.27. The number of nitriles is 1. The average Bonchev–Trinajstić information content (AvgIpc) is 3.32. The van der Waals surface area contributed by atoms with E-state index in [4.69, 9.17) is 4.74 Å². The standard InChI is InChI=1S/C25H22N4O2/c1-4-31-25(30)20-9-5-8-12-23(20)29-16(2)13-18(17(29)3)14-19(15-26)24-27-21-10-6-7-11-22(21)28-24/h5-14H,4H2,1-3H3,(H,27,28)/b19-14+. The molecule has 154 valence electrons. The summed E-state index contributed by atoms with van der Waals surface area (Å²) in [5.74, 6) is 0.170. The van der Waals surface area contributed by atoms with Crippen molar-refractivity contribution in [2.75, 3.05) is 6.61 Å². The third kappa shape index (κ3) is 3.74. The first-order valence-electron chi connectivity index (χ1n) is 10.1. The molecule has 0 amide bonds. The Kier molecular flexibility index (Phi) is 5.42. The van der Waals surface area contributed by atoms with Gasteiger partial charge >= 0.3 is 5.97 Å². The number of aromatic amines is 1. The second-order valence-corrected chi connectivity index (χ2v) is 7.17. The minimum atomic E-state index is -0.359. The van der Waals surface area contributed by atoms with Gasteiger partial charge in [0.25, 0.3) is 0 Å². The zero-order valence-corrected chi connectivity index (χ0v) is 17.6. The number of aromatic nitrogens is 3. The molecule has 0 aliphatic rings. The van der Waals surface area contributed by atoms with Crippen molar-refractivity contribution in [1.29, 1.82) is 5.26 Å². The van der Waals surface area contributed by atoms with Crippen LogP contribution < -0.4 is 0 Å². The number of benzene rings is 2. The van der Waals surface area contributed by atoms with Gasteiger partial charge in [-0.05, 0) is 62.7 Å². The molecule has 31 heavy (non-hydrogen) atoms. The van der Waals surface area contributed by atoms with Crippen LogP contribution in [0.15, 0.2) is 54.6 Å². The zero-order valence-electron chi connectivity index (χ0n) is 17.6. The van der Waals surface area contributed by atoms with E-state index in [-0.39, 0.29) is 5.97 Å². The van der Waals surface area contributed by atoms with E-state index in [0.717, 1.165) is 33.7 Å². The Labute approximate surface area is 180 Å². The maximum atomic E-state index is 12.5. The van der Waals surface area contributed by atoms with Gasteiger partial charge in [0.1, 0.15) is 11.9 Å². The van der Waals surface area contributed by atoms with Gasteiger partial charge in [-0.3, -0.25) is 0 Å². The summed E-state index contributed by atoms with van der Waals surface area (Å²) in [5.41, 5.74) is 6.13. The van der Waals surface area contributed by atoms with Crippen molar-refractivity contribution in [3.8, 4) is 11.8 Å². The predicted octanol–water partition coefficient (Wildman–Crippen LogP) is 5.21. The molecule has 0 atom stereocenters. The van der Waals surface area contributed by atoms with E-state index >= 15 is 0 Å². The highest BCUT2D eigenvalue weighted by molar-refractivity contribution is 5.94. The average molecular weight is 410 g/mol. The van der Waals surface area contributed by atoms with Crippen molar-refractivity contribution in [3.63, 3.8) is 0 Å². The molecule has 6 heteroatoms. The molecule has 0 bridgehead atoms. The van der Waals surface area contributed by atoms with Crippen molar-refractivity contribution >= 4 is 28.7 Å². The van der Waals surface area contributed by atoms with E-state index in [1.165, 1.54) is 0 Å². The number of imidazole rings is 1. The first kappa shape index (κ1) is 20.2. The lowest BCUT2D eigenvalue weighted by Gasteiger charge is -2.14. The number of carbonyl (C=O) groups excluding carboxylic acids is 1. The number of esters is 1. The van der Waals surface area contributed by atoms with Gasteiger partial charge in [0.15, 0.2) is 0 Å². The normalized spacial score (nSPS) is 11.5. The van der Waals surface area contributed by atoms with Crippen LogP contribution in [-0.4, -0.2) is 27.1 Å². The van der Waals surface area contributed by atoms with Gasteiger partial charge in [-0.1, -0.05) is 24.3 Å². The van der Waals surface area contributed by atoms with Gasteiger partial charge in [0, 0.05) is 11.4 Å². The van der Waals surface area contributed by atoms with Crippen molar-refractivity contribution in [3.05, 3.63) is 82.9 Å². The van der Waals surface area contributed by atoms with Crippen LogP contribution in [0.5, 0.6) is 0 Å². The molecule has 4 aromatic rings. The molecule has 0 spiro atoms. The predicted molar refractivity (Wildman–Crippen MR) is 121 cm³/mol. The minimum absolute atomic E-state index is 0.313. The SMILES string of the molecule is CCOC(=O)c1ccccc1-n1c(C)cc(/C=C(\C#N)c2nc3ccccc3[nH]2)c1C. The van der Waals surface area contributed by atoms with Crippen LogP contribution in [0.25, 0.3) is 28.4 Å². The van der Waals surface area contributed by atoms with E-state index in [1.807, 2.05) is 73.0 Å². The summed E-state index contributed by atoms with van der Waals surface area (Å²) in [5, 5.41) is 9.78. The Morgan fingerprint density at radius 2 is 1.94 bits per heavy atom. The fourth-order valence-electron chi connectivity index (χ4n) is 3.74. The highest BCUT2D eigenvalue weighted by Gasteiger charge is 2.18.